The highest BCUT2D eigenvalue weighted by Gasteiger charge is 2.40. The fourth-order valence-corrected chi connectivity index (χ4v) is 5.18. The van der Waals surface area contributed by atoms with Gasteiger partial charge in [0.2, 0.25) is 0 Å². The number of benzene rings is 2. The Balaban J connectivity index is 1.18. The van der Waals surface area contributed by atoms with Crippen LogP contribution in [0.4, 0.5) is 0 Å². The van der Waals surface area contributed by atoms with Crippen molar-refractivity contribution in [3.05, 3.63) is 64.7 Å². The number of aryl methyl sites for hydroxylation is 1. The van der Waals surface area contributed by atoms with Crippen molar-refractivity contribution in [2.45, 2.75) is 57.0 Å². The average Bonchev–Trinajstić information content (AvgIpc) is 3.12. The molecule has 1 spiro atoms. The van der Waals surface area contributed by atoms with Gasteiger partial charge >= 0.3 is 0 Å². The molecule has 4 rings (SSSR count). The highest BCUT2D eigenvalue weighted by molar-refractivity contribution is 6.30. The third-order valence-corrected chi connectivity index (χ3v) is 7.20. The Labute approximate surface area is 190 Å². The lowest BCUT2D eigenvalue weighted by molar-refractivity contribution is -0.134. The third-order valence-electron chi connectivity index (χ3n) is 6.94. The van der Waals surface area contributed by atoms with Gasteiger partial charge in [-0.3, -0.25) is 4.79 Å². The van der Waals surface area contributed by atoms with Gasteiger partial charge in [-0.15, -0.1) is 0 Å². The molecule has 0 atom stereocenters. The number of rotatable bonds is 7. The summed E-state index contributed by atoms with van der Waals surface area (Å²) in [5, 5.41) is 3.69. The minimum atomic E-state index is -0.929. The maximum absolute atomic E-state index is 12.6. The summed E-state index contributed by atoms with van der Waals surface area (Å²) in [7, 11) is 0. The number of carbonyl (C=O) groups excluding carboxylic acids is 1. The number of likely N-dealkylation sites (tertiary alicyclic amines) is 1. The van der Waals surface area contributed by atoms with E-state index in [1.54, 1.807) is 49.2 Å². The Kier molecular flexibility index (Phi) is 6.59. The molecule has 0 saturated carbocycles. The molecule has 0 radical (unpaired) electrons. The largest absolute Gasteiger partial charge is 0.478 e. The van der Waals surface area contributed by atoms with E-state index < -0.39 is 5.60 Å². The minimum absolute atomic E-state index is 0.0948. The Hall–Kier alpha value is -2.04. The average molecular weight is 441 g/mol. The minimum Gasteiger partial charge on any atom is -0.478 e. The molecule has 1 saturated heterocycles. The second-order valence-electron chi connectivity index (χ2n) is 9.45. The van der Waals surface area contributed by atoms with Crippen LogP contribution in [0, 0.1) is 0 Å². The number of fused-ring (bicyclic) bond motifs is 2. The zero-order chi connectivity index (χ0) is 21.9. The summed E-state index contributed by atoms with van der Waals surface area (Å²) in [6.07, 6.45) is 5.98. The zero-order valence-corrected chi connectivity index (χ0v) is 19.4. The van der Waals surface area contributed by atoms with E-state index in [1.165, 1.54) is 25.7 Å². The molecule has 166 valence electrons. The molecule has 4 nitrogen and oxygen atoms in total. The number of hydrogen-bond acceptors (Lipinski definition) is 3. The molecule has 2 aliphatic rings. The summed E-state index contributed by atoms with van der Waals surface area (Å²) >= 11 is 5.91. The standard InChI is InChI=1S/C26H33ClN2O2/c1-25(2,31-22-10-8-21(27)9-11-22)24(30)28-16-5-17-29-18-14-26(15-19-29)13-12-20-6-3-4-7-23(20)26/h3-4,6-11H,5,12-19H2,1-2H3,(H,28,30). The molecule has 1 fully saturated rings. The van der Waals surface area contributed by atoms with E-state index in [1.807, 2.05) is 0 Å². The van der Waals surface area contributed by atoms with Gasteiger partial charge in [-0.1, -0.05) is 35.9 Å². The van der Waals surface area contributed by atoms with Gasteiger partial charge in [-0.2, -0.15) is 0 Å². The molecule has 0 unspecified atom stereocenters. The van der Waals surface area contributed by atoms with Gasteiger partial charge in [0, 0.05) is 11.6 Å². The van der Waals surface area contributed by atoms with Crippen LogP contribution < -0.4 is 10.1 Å². The van der Waals surface area contributed by atoms with Crippen molar-refractivity contribution in [3.8, 4) is 5.75 Å². The van der Waals surface area contributed by atoms with E-state index in [0.29, 0.717) is 22.7 Å². The lowest BCUT2D eigenvalue weighted by Gasteiger charge is -2.40. The summed E-state index contributed by atoms with van der Waals surface area (Å²) in [6.45, 7) is 7.56. The second kappa shape index (κ2) is 9.22. The molecular weight excluding hydrogens is 408 g/mol. The topological polar surface area (TPSA) is 41.6 Å². The Bertz CT molecular complexity index is 902. The highest BCUT2D eigenvalue weighted by atomic mass is 35.5. The van der Waals surface area contributed by atoms with Crippen LogP contribution >= 0.6 is 11.6 Å². The Morgan fingerprint density at radius 1 is 1.10 bits per heavy atom. The summed E-state index contributed by atoms with van der Waals surface area (Å²) < 4.78 is 5.87. The maximum atomic E-state index is 12.6. The van der Waals surface area contributed by atoms with Crippen LogP contribution in [0.5, 0.6) is 5.75 Å². The number of ether oxygens (including phenoxy) is 1. The molecule has 31 heavy (non-hydrogen) atoms. The van der Waals surface area contributed by atoms with E-state index in [2.05, 4.69) is 34.5 Å². The van der Waals surface area contributed by atoms with Gasteiger partial charge in [-0.05, 0) is 106 Å². The number of carbonyl (C=O) groups is 1. The van der Waals surface area contributed by atoms with E-state index in [4.69, 9.17) is 16.3 Å². The quantitative estimate of drug-likeness (QED) is 0.617. The predicted molar refractivity (Wildman–Crippen MR) is 126 cm³/mol. The molecule has 2 aromatic rings. The van der Waals surface area contributed by atoms with E-state index in [-0.39, 0.29) is 5.91 Å². The maximum Gasteiger partial charge on any atom is 0.263 e. The summed E-state index contributed by atoms with van der Waals surface area (Å²) in [5.41, 5.74) is 2.64. The number of nitrogens with zero attached hydrogens (tertiary/aromatic N) is 1. The van der Waals surface area contributed by atoms with Gasteiger partial charge in [0.25, 0.3) is 5.91 Å². The molecule has 1 amide bonds. The zero-order valence-electron chi connectivity index (χ0n) is 18.6. The molecule has 2 aromatic carbocycles. The van der Waals surface area contributed by atoms with E-state index in [9.17, 15) is 4.79 Å². The first-order valence-electron chi connectivity index (χ1n) is 11.4. The first-order chi connectivity index (χ1) is 14.9. The summed E-state index contributed by atoms with van der Waals surface area (Å²) in [4.78, 5) is 15.1. The van der Waals surface area contributed by atoms with Crippen molar-refractivity contribution < 1.29 is 9.53 Å². The van der Waals surface area contributed by atoms with Crippen molar-refractivity contribution in [1.82, 2.24) is 10.2 Å². The van der Waals surface area contributed by atoms with Gasteiger partial charge in [0.15, 0.2) is 5.60 Å². The van der Waals surface area contributed by atoms with Crippen molar-refractivity contribution >= 4 is 17.5 Å². The lowest BCUT2D eigenvalue weighted by Crippen LogP contribution is -2.47. The number of amides is 1. The molecule has 1 aliphatic carbocycles. The normalized spacial score (nSPS) is 18.0. The SMILES string of the molecule is CC(C)(Oc1ccc(Cl)cc1)C(=O)NCCCN1CCC2(CCc3ccccc32)CC1. The first kappa shape index (κ1) is 22.2. The van der Waals surface area contributed by atoms with Crippen LogP contribution in [0.25, 0.3) is 0 Å². The van der Waals surface area contributed by atoms with Crippen molar-refractivity contribution in [3.63, 3.8) is 0 Å². The van der Waals surface area contributed by atoms with Crippen LogP contribution in [0.2, 0.25) is 5.02 Å². The van der Waals surface area contributed by atoms with Gasteiger partial charge in [-0.25, -0.2) is 0 Å². The Morgan fingerprint density at radius 2 is 1.81 bits per heavy atom. The van der Waals surface area contributed by atoms with Crippen molar-refractivity contribution in [2.75, 3.05) is 26.2 Å². The van der Waals surface area contributed by atoms with Crippen molar-refractivity contribution in [1.29, 1.82) is 0 Å². The lowest BCUT2D eigenvalue weighted by atomic mass is 9.74. The molecule has 1 heterocycles. The number of piperidine rings is 1. The van der Waals surface area contributed by atoms with Crippen LogP contribution in [0.1, 0.15) is 50.7 Å². The van der Waals surface area contributed by atoms with E-state index in [0.717, 1.165) is 26.1 Å². The molecule has 1 N–H and O–H groups in total. The molecule has 1 aliphatic heterocycles. The molecule has 0 bridgehead atoms. The molecular formula is C26H33ClN2O2. The van der Waals surface area contributed by atoms with Gasteiger partial charge in [0.1, 0.15) is 5.75 Å². The monoisotopic (exact) mass is 440 g/mol. The predicted octanol–water partition coefficient (Wildman–Crippen LogP) is 4.98. The van der Waals surface area contributed by atoms with Crippen molar-refractivity contribution in [2.24, 2.45) is 0 Å². The van der Waals surface area contributed by atoms with E-state index >= 15 is 0 Å². The Morgan fingerprint density at radius 3 is 2.55 bits per heavy atom. The van der Waals surface area contributed by atoms with Crippen LogP contribution in [0.15, 0.2) is 48.5 Å². The number of hydrogen-bond donors (Lipinski definition) is 1. The smallest absolute Gasteiger partial charge is 0.263 e. The summed E-state index contributed by atoms with van der Waals surface area (Å²) in [5.74, 6) is 0.544. The van der Waals surface area contributed by atoms with Crippen LogP contribution in [-0.2, 0) is 16.6 Å². The first-order valence-corrected chi connectivity index (χ1v) is 11.8. The van der Waals surface area contributed by atoms with Crippen LogP contribution in [0.3, 0.4) is 0 Å². The second-order valence-corrected chi connectivity index (χ2v) is 9.89. The third kappa shape index (κ3) is 5.07. The summed E-state index contributed by atoms with van der Waals surface area (Å²) in [6, 6.07) is 16.1. The fraction of sp³-hybridized carbons (Fsp3) is 0.500. The number of nitrogens with one attached hydrogen (secondary N) is 1. The van der Waals surface area contributed by atoms with Gasteiger partial charge in [0.05, 0.1) is 0 Å². The fourth-order valence-electron chi connectivity index (χ4n) is 5.05. The number of halogens is 1. The van der Waals surface area contributed by atoms with Gasteiger partial charge < -0.3 is 15.0 Å². The van der Waals surface area contributed by atoms with Crippen LogP contribution in [-0.4, -0.2) is 42.6 Å². The molecule has 5 heteroatoms. The highest BCUT2D eigenvalue weighted by Crippen LogP contribution is 2.46. The molecule has 0 aromatic heterocycles.